The first-order chi connectivity index (χ1) is 10.8. The number of aromatic nitrogens is 3. The second-order valence-electron chi connectivity index (χ2n) is 5.18. The number of nitrogens with zero attached hydrogens (tertiary/aromatic N) is 4. The molecule has 1 aromatic carbocycles. The van der Waals surface area contributed by atoms with Crippen molar-refractivity contribution in [3.63, 3.8) is 0 Å². The molecule has 0 amide bonds. The maximum Gasteiger partial charge on any atom is 0.212 e. The molecule has 0 saturated heterocycles. The summed E-state index contributed by atoms with van der Waals surface area (Å²) in [7, 11) is 0. The zero-order chi connectivity index (χ0) is 15.2. The fourth-order valence-corrected chi connectivity index (χ4v) is 3.19. The van der Waals surface area contributed by atoms with E-state index in [0.717, 1.165) is 35.2 Å². The average molecular weight is 333 g/mol. The monoisotopic (exact) mass is 332 g/mol. The van der Waals surface area contributed by atoms with Gasteiger partial charge in [-0.2, -0.15) is 9.78 Å². The van der Waals surface area contributed by atoms with Crippen molar-refractivity contribution >= 4 is 29.6 Å². The molecule has 0 saturated carbocycles. The van der Waals surface area contributed by atoms with E-state index in [9.17, 15) is 0 Å². The third-order valence-corrected chi connectivity index (χ3v) is 4.75. The number of halogens is 1. The molecule has 1 heterocycles. The first-order valence-electron chi connectivity index (χ1n) is 7.28. The Balaban J connectivity index is 1.60. The fourth-order valence-electron chi connectivity index (χ4n) is 2.24. The van der Waals surface area contributed by atoms with Crippen LogP contribution in [0.1, 0.15) is 24.8 Å². The van der Waals surface area contributed by atoms with E-state index in [0.29, 0.717) is 5.92 Å². The molecule has 0 aliphatic heterocycles. The van der Waals surface area contributed by atoms with Crippen LogP contribution in [0.4, 0.5) is 0 Å². The van der Waals surface area contributed by atoms with Crippen LogP contribution >= 0.6 is 23.4 Å². The van der Waals surface area contributed by atoms with E-state index < -0.39 is 0 Å². The normalized spacial score (nSPS) is 18.1. The molecule has 1 aromatic heterocycles. The van der Waals surface area contributed by atoms with Crippen molar-refractivity contribution in [3.8, 4) is 0 Å². The van der Waals surface area contributed by atoms with Crippen LogP contribution in [0.15, 0.2) is 53.0 Å². The van der Waals surface area contributed by atoms with Gasteiger partial charge in [-0.3, -0.25) is 0 Å². The minimum atomic E-state index is 0.515. The number of thioether (sulfide) groups is 1. The van der Waals surface area contributed by atoms with Gasteiger partial charge in [-0.15, -0.1) is 10.2 Å². The topological polar surface area (TPSA) is 43.1 Å². The highest BCUT2D eigenvalue weighted by molar-refractivity contribution is 7.98. The molecular weight excluding hydrogens is 316 g/mol. The lowest BCUT2D eigenvalue weighted by Crippen LogP contribution is -2.05. The minimum absolute atomic E-state index is 0.515. The van der Waals surface area contributed by atoms with Crippen molar-refractivity contribution in [2.75, 3.05) is 0 Å². The van der Waals surface area contributed by atoms with Crippen LogP contribution in [0.5, 0.6) is 0 Å². The highest BCUT2D eigenvalue weighted by Gasteiger charge is 2.08. The van der Waals surface area contributed by atoms with Gasteiger partial charge in [0, 0.05) is 17.0 Å². The zero-order valence-corrected chi connectivity index (χ0v) is 13.7. The lowest BCUT2D eigenvalue weighted by molar-refractivity contribution is 0.618. The van der Waals surface area contributed by atoms with E-state index in [1.165, 1.54) is 5.56 Å². The Bertz CT molecular complexity index is 663. The summed E-state index contributed by atoms with van der Waals surface area (Å²) in [4.78, 5) is 0. The molecule has 0 spiro atoms. The summed E-state index contributed by atoms with van der Waals surface area (Å²) < 4.78 is 1.75. The molecule has 4 nitrogen and oxygen atoms in total. The molecular formula is C16H17ClN4S. The van der Waals surface area contributed by atoms with Gasteiger partial charge in [0.15, 0.2) is 0 Å². The summed E-state index contributed by atoms with van der Waals surface area (Å²) in [5.41, 5.74) is 1.20. The predicted molar refractivity (Wildman–Crippen MR) is 91.4 cm³/mol. The maximum absolute atomic E-state index is 5.89. The molecule has 0 radical (unpaired) electrons. The van der Waals surface area contributed by atoms with Crippen LogP contribution in [0, 0.1) is 5.92 Å². The average Bonchev–Trinajstić information content (AvgIpc) is 3.01. The molecule has 0 bridgehead atoms. The van der Waals surface area contributed by atoms with Gasteiger partial charge in [0.25, 0.3) is 0 Å². The molecule has 6 heteroatoms. The molecule has 1 aliphatic rings. The van der Waals surface area contributed by atoms with E-state index in [2.05, 4.69) is 27.5 Å². The van der Waals surface area contributed by atoms with Crippen LogP contribution in [-0.4, -0.2) is 21.1 Å². The Morgan fingerprint density at radius 1 is 1.32 bits per heavy atom. The number of allylic oxidation sites excluding steroid dienone is 2. The summed E-state index contributed by atoms with van der Waals surface area (Å²) in [6, 6.07) is 7.84. The Kier molecular flexibility index (Phi) is 5.29. The third kappa shape index (κ3) is 4.21. The van der Waals surface area contributed by atoms with Crippen molar-refractivity contribution in [3.05, 3.63) is 53.3 Å². The molecule has 3 rings (SSSR count). The van der Waals surface area contributed by atoms with Crippen LogP contribution in [-0.2, 0) is 5.75 Å². The Morgan fingerprint density at radius 2 is 2.18 bits per heavy atom. The summed E-state index contributed by atoms with van der Waals surface area (Å²) in [6.07, 6.45) is 11.5. The van der Waals surface area contributed by atoms with Gasteiger partial charge in [0.2, 0.25) is 5.16 Å². The van der Waals surface area contributed by atoms with E-state index in [1.807, 2.05) is 30.5 Å². The van der Waals surface area contributed by atoms with Gasteiger partial charge in [0.1, 0.15) is 6.33 Å². The van der Waals surface area contributed by atoms with Crippen molar-refractivity contribution in [2.24, 2.45) is 11.0 Å². The van der Waals surface area contributed by atoms with E-state index in [-0.39, 0.29) is 0 Å². The van der Waals surface area contributed by atoms with Crippen LogP contribution in [0.2, 0.25) is 5.02 Å². The minimum Gasteiger partial charge on any atom is -0.195 e. The van der Waals surface area contributed by atoms with Crippen molar-refractivity contribution < 1.29 is 0 Å². The number of hydrogen-bond donors (Lipinski definition) is 0. The van der Waals surface area contributed by atoms with Crippen LogP contribution < -0.4 is 0 Å². The van der Waals surface area contributed by atoms with Gasteiger partial charge >= 0.3 is 0 Å². The van der Waals surface area contributed by atoms with Crippen molar-refractivity contribution in [1.82, 2.24) is 14.9 Å². The molecule has 1 atom stereocenters. The SMILES string of the molecule is Clc1ccc(CSc2nncn2/N=C\[C@@H]2CC=CCC2)cc1. The summed E-state index contributed by atoms with van der Waals surface area (Å²) in [5, 5.41) is 14.2. The van der Waals surface area contributed by atoms with Crippen molar-refractivity contribution in [2.45, 2.75) is 30.2 Å². The molecule has 0 fully saturated rings. The standard InChI is InChI=1S/C16H17ClN4S/c17-15-8-6-14(7-9-15)11-22-16-20-18-12-21(16)19-10-13-4-2-1-3-5-13/h1-2,6-10,12-13H,3-5,11H2/b19-10-/t13-/m1/s1. The number of rotatable bonds is 5. The van der Waals surface area contributed by atoms with E-state index >= 15 is 0 Å². The second kappa shape index (κ2) is 7.61. The van der Waals surface area contributed by atoms with Crippen LogP contribution in [0.25, 0.3) is 0 Å². The third-order valence-electron chi connectivity index (χ3n) is 3.49. The zero-order valence-electron chi connectivity index (χ0n) is 12.1. The molecule has 0 unspecified atom stereocenters. The molecule has 22 heavy (non-hydrogen) atoms. The van der Waals surface area contributed by atoms with Crippen LogP contribution in [0.3, 0.4) is 0 Å². The molecule has 114 valence electrons. The first-order valence-corrected chi connectivity index (χ1v) is 8.64. The van der Waals surface area contributed by atoms with E-state index in [4.69, 9.17) is 11.6 Å². The molecule has 0 N–H and O–H groups in total. The number of hydrogen-bond acceptors (Lipinski definition) is 4. The van der Waals surface area contributed by atoms with E-state index in [1.54, 1.807) is 22.8 Å². The molecule has 2 aromatic rings. The highest BCUT2D eigenvalue weighted by atomic mass is 35.5. The highest BCUT2D eigenvalue weighted by Crippen LogP contribution is 2.22. The van der Waals surface area contributed by atoms with Gasteiger partial charge < -0.3 is 0 Å². The lowest BCUT2D eigenvalue weighted by atomic mass is 9.96. The number of benzene rings is 1. The smallest absolute Gasteiger partial charge is 0.195 e. The Hall–Kier alpha value is -1.59. The van der Waals surface area contributed by atoms with Crippen molar-refractivity contribution in [1.29, 1.82) is 0 Å². The summed E-state index contributed by atoms with van der Waals surface area (Å²) in [5.74, 6) is 1.33. The Morgan fingerprint density at radius 3 is 2.95 bits per heavy atom. The Labute approximate surface area is 139 Å². The summed E-state index contributed by atoms with van der Waals surface area (Å²) in [6.45, 7) is 0. The van der Waals surface area contributed by atoms with Gasteiger partial charge in [-0.25, -0.2) is 0 Å². The second-order valence-corrected chi connectivity index (χ2v) is 6.56. The quantitative estimate of drug-likeness (QED) is 0.462. The lowest BCUT2D eigenvalue weighted by Gasteiger charge is -2.11. The first kappa shape index (κ1) is 15.3. The predicted octanol–water partition coefficient (Wildman–Crippen LogP) is 4.41. The molecule has 1 aliphatic carbocycles. The summed E-state index contributed by atoms with van der Waals surface area (Å²) >= 11 is 7.51. The largest absolute Gasteiger partial charge is 0.212 e. The maximum atomic E-state index is 5.89. The fraction of sp³-hybridized carbons (Fsp3) is 0.312. The van der Waals surface area contributed by atoms with Gasteiger partial charge in [0.05, 0.1) is 0 Å². The van der Waals surface area contributed by atoms with Gasteiger partial charge in [-0.1, -0.05) is 47.6 Å². The van der Waals surface area contributed by atoms with Gasteiger partial charge in [-0.05, 0) is 42.9 Å².